The molecule has 0 N–H and O–H groups in total. The zero-order chi connectivity index (χ0) is 19.1. The van der Waals surface area contributed by atoms with Gasteiger partial charge in [-0.15, -0.1) is 0 Å². The van der Waals surface area contributed by atoms with Gasteiger partial charge in [-0.25, -0.2) is 0 Å². The largest absolute Gasteiger partial charge is 0.0622 e. The van der Waals surface area contributed by atoms with Crippen LogP contribution in [0, 0.1) is 0 Å². The molecule has 5 aromatic carbocycles. The Labute approximate surface area is 181 Å². The molecule has 0 heterocycles. The lowest BCUT2D eigenvalue weighted by atomic mass is 9.86. The van der Waals surface area contributed by atoms with E-state index in [0.29, 0.717) is 0 Å². The fourth-order valence-corrected chi connectivity index (χ4v) is 4.90. The molecule has 0 nitrogen and oxygen atoms in total. The number of rotatable bonds is 2. The first kappa shape index (κ1) is 17.7. The van der Waals surface area contributed by atoms with Crippen LogP contribution in [-0.2, 0) is 0 Å². The summed E-state index contributed by atoms with van der Waals surface area (Å²) in [5, 5.41) is 5.02. The van der Waals surface area contributed by atoms with E-state index < -0.39 is 0 Å². The van der Waals surface area contributed by atoms with Crippen molar-refractivity contribution < 1.29 is 0 Å². The van der Waals surface area contributed by atoms with Crippen LogP contribution in [0.2, 0.25) is 0 Å². The molecule has 2 heteroatoms. The summed E-state index contributed by atoms with van der Waals surface area (Å²) in [4.78, 5) is 0. The van der Waals surface area contributed by atoms with Gasteiger partial charge in [0.05, 0.1) is 0 Å². The van der Waals surface area contributed by atoms with E-state index in [9.17, 15) is 0 Å². The van der Waals surface area contributed by atoms with Crippen molar-refractivity contribution in [2.75, 3.05) is 0 Å². The van der Waals surface area contributed by atoms with E-state index in [2.05, 4.69) is 129 Å². The second-order valence-corrected chi connectivity index (χ2v) is 8.46. The van der Waals surface area contributed by atoms with Crippen LogP contribution in [0.25, 0.3) is 43.8 Å². The standard InChI is InChI=1S/C26H16Br2/c27-22-16-15-21-23(17-9-3-1-4-10-17)19-13-7-8-14-20(19)24(25(21)26(22)28)18-11-5-2-6-12-18/h1-16H. The van der Waals surface area contributed by atoms with E-state index >= 15 is 0 Å². The lowest BCUT2D eigenvalue weighted by molar-refractivity contribution is 1.62. The van der Waals surface area contributed by atoms with Crippen molar-refractivity contribution in [1.82, 2.24) is 0 Å². The van der Waals surface area contributed by atoms with E-state index in [1.54, 1.807) is 0 Å². The summed E-state index contributed by atoms with van der Waals surface area (Å²) in [6.07, 6.45) is 0. The van der Waals surface area contributed by atoms with Crippen molar-refractivity contribution in [2.24, 2.45) is 0 Å². The van der Waals surface area contributed by atoms with Gasteiger partial charge in [0, 0.05) is 14.3 Å². The maximum atomic E-state index is 3.87. The van der Waals surface area contributed by atoms with Crippen molar-refractivity contribution in [3.63, 3.8) is 0 Å². The highest BCUT2D eigenvalue weighted by molar-refractivity contribution is 9.13. The summed E-state index contributed by atoms with van der Waals surface area (Å²) < 4.78 is 2.15. The van der Waals surface area contributed by atoms with Gasteiger partial charge >= 0.3 is 0 Å². The molecule has 0 aliphatic carbocycles. The van der Waals surface area contributed by atoms with Gasteiger partial charge in [-0.05, 0) is 76.3 Å². The van der Waals surface area contributed by atoms with Gasteiger partial charge in [-0.3, -0.25) is 0 Å². The molecule has 0 aromatic heterocycles. The van der Waals surface area contributed by atoms with Gasteiger partial charge in [0.25, 0.3) is 0 Å². The average molecular weight is 488 g/mol. The molecule has 5 rings (SSSR count). The topological polar surface area (TPSA) is 0 Å². The Bertz CT molecular complexity index is 1310. The fraction of sp³-hybridized carbons (Fsp3) is 0. The Morgan fingerprint density at radius 1 is 0.429 bits per heavy atom. The Morgan fingerprint density at radius 2 is 0.929 bits per heavy atom. The highest BCUT2D eigenvalue weighted by atomic mass is 79.9. The maximum Gasteiger partial charge on any atom is 0.0402 e. The Morgan fingerprint density at radius 3 is 1.54 bits per heavy atom. The molecular formula is C26H16Br2. The molecule has 134 valence electrons. The smallest absolute Gasteiger partial charge is 0.0402 e. The molecule has 0 aliphatic rings. The molecule has 0 bridgehead atoms. The Hall–Kier alpha value is -2.42. The molecule has 0 spiro atoms. The summed E-state index contributed by atoms with van der Waals surface area (Å²) in [6.45, 7) is 0. The lowest BCUT2D eigenvalue weighted by Crippen LogP contribution is -1.92. The minimum atomic E-state index is 1.06. The van der Waals surface area contributed by atoms with Crippen molar-refractivity contribution in [2.45, 2.75) is 0 Å². The second-order valence-electron chi connectivity index (χ2n) is 6.81. The molecule has 0 atom stereocenters. The van der Waals surface area contributed by atoms with Gasteiger partial charge < -0.3 is 0 Å². The highest BCUT2D eigenvalue weighted by Crippen LogP contribution is 2.47. The first-order valence-electron chi connectivity index (χ1n) is 9.19. The molecule has 0 fully saturated rings. The molecule has 0 amide bonds. The fourth-order valence-electron chi connectivity index (χ4n) is 4.02. The van der Waals surface area contributed by atoms with Crippen LogP contribution in [-0.4, -0.2) is 0 Å². The molecular weight excluding hydrogens is 472 g/mol. The predicted octanol–water partition coefficient (Wildman–Crippen LogP) is 8.85. The average Bonchev–Trinajstić information content (AvgIpc) is 2.76. The highest BCUT2D eigenvalue weighted by Gasteiger charge is 2.19. The van der Waals surface area contributed by atoms with Crippen LogP contribution in [0.5, 0.6) is 0 Å². The van der Waals surface area contributed by atoms with Crippen LogP contribution in [0.1, 0.15) is 0 Å². The van der Waals surface area contributed by atoms with Crippen molar-refractivity contribution in [3.05, 3.63) is 106 Å². The summed E-state index contributed by atoms with van der Waals surface area (Å²) >= 11 is 7.60. The first-order chi connectivity index (χ1) is 13.8. The molecule has 0 saturated carbocycles. The third kappa shape index (κ3) is 2.80. The lowest BCUT2D eigenvalue weighted by Gasteiger charge is -2.19. The summed E-state index contributed by atoms with van der Waals surface area (Å²) in [5.74, 6) is 0. The van der Waals surface area contributed by atoms with Gasteiger partial charge in [-0.2, -0.15) is 0 Å². The second kappa shape index (κ2) is 7.20. The number of hydrogen-bond donors (Lipinski definition) is 0. The number of benzene rings is 5. The molecule has 0 saturated heterocycles. The van der Waals surface area contributed by atoms with Crippen LogP contribution < -0.4 is 0 Å². The molecule has 0 aliphatic heterocycles. The van der Waals surface area contributed by atoms with E-state index in [1.165, 1.54) is 43.8 Å². The van der Waals surface area contributed by atoms with Crippen LogP contribution in [0.4, 0.5) is 0 Å². The first-order valence-corrected chi connectivity index (χ1v) is 10.8. The van der Waals surface area contributed by atoms with Crippen molar-refractivity contribution >= 4 is 53.4 Å². The monoisotopic (exact) mass is 486 g/mol. The molecule has 5 aromatic rings. The van der Waals surface area contributed by atoms with Crippen molar-refractivity contribution in [3.8, 4) is 22.3 Å². The zero-order valence-corrected chi connectivity index (χ0v) is 18.2. The van der Waals surface area contributed by atoms with Gasteiger partial charge in [0.2, 0.25) is 0 Å². The van der Waals surface area contributed by atoms with Crippen LogP contribution in [0.15, 0.2) is 106 Å². The summed E-state index contributed by atoms with van der Waals surface area (Å²) in [6, 6.07) is 34.4. The SMILES string of the molecule is Brc1ccc2c(-c3ccccc3)c3ccccc3c(-c3ccccc3)c2c1Br. The van der Waals surface area contributed by atoms with Gasteiger partial charge in [-0.1, -0.05) is 91.0 Å². The van der Waals surface area contributed by atoms with E-state index in [0.717, 1.165) is 8.95 Å². The third-order valence-corrected chi connectivity index (χ3v) is 7.22. The number of halogens is 2. The van der Waals surface area contributed by atoms with Gasteiger partial charge in [0.1, 0.15) is 0 Å². The predicted molar refractivity (Wildman–Crippen MR) is 128 cm³/mol. The van der Waals surface area contributed by atoms with Crippen LogP contribution in [0.3, 0.4) is 0 Å². The third-order valence-electron chi connectivity index (χ3n) is 5.20. The molecule has 0 unspecified atom stereocenters. The van der Waals surface area contributed by atoms with Crippen LogP contribution >= 0.6 is 31.9 Å². The quantitative estimate of drug-likeness (QED) is 0.218. The van der Waals surface area contributed by atoms with Gasteiger partial charge in [0.15, 0.2) is 0 Å². The van der Waals surface area contributed by atoms with E-state index in [4.69, 9.17) is 0 Å². The zero-order valence-electron chi connectivity index (χ0n) is 15.0. The van der Waals surface area contributed by atoms with Crippen molar-refractivity contribution in [1.29, 1.82) is 0 Å². The van der Waals surface area contributed by atoms with E-state index in [1.807, 2.05) is 0 Å². The normalized spacial score (nSPS) is 11.2. The minimum absolute atomic E-state index is 1.06. The summed E-state index contributed by atoms with van der Waals surface area (Å²) in [7, 11) is 0. The molecule has 28 heavy (non-hydrogen) atoms. The number of hydrogen-bond acceptors (Lipinski definition) is 0. The number of fused-ring (bicyclic) bond motifs is 2. The summed E-state index contributed by atoms with van der Waals surface area (Å²) in [5.41, 5.74) is 5.00. The minimum Gasteiger partial charge on any atom is -0.0622 e. The van der Waals surface area contributed by atoms with E-state index in [-0.39, 0.29) is 0 Å². The Kier molecular flexibility index (Phi) is 4.54. The Balaban J connectivity index is 2.08. The molecule has 0 radical (unpaired) electrons. The maximum absolute atomic E-state index is 3.87.